The smallest absolute Gasteiger partial charge is 0.192 e. The van der Waals surface area contributed by atoms with Gasteiger partial charge < -0.3 is 9.40 Å². The Hall–Kier alpha value is -3.01. The zero-order valence-corrected chi connectivity index (χ0v) is 17.1. The summed E-state index contributed by atoms with van der Waals surface area (Å²) in [5, 5.41) is 2.43. The van der Waals surface area contributed by atoms with Gasteiger partial charge in [0, 0.05) is 39.0 Å². The van der Waals surface area contributed by atoms with Crippen LogP contribution in [-0.2, 0) is 0 Å². The zero-order valence-electron chi connectivity index (χ0n) is 15.5. The molecule has 3 aromatic carbocycles. The van der Waals surface area contributed by atoms with Gasteiger partial charge in [-0.2, -0.15) is 0 Å². The number of fused-ring (bicyclic) bond motifs is 1. The average Bonchev–Trinajstić information content (AvgIpc) is 3.29. The minimum atomic E-state index is 0.604. The Balaban J connectivity index is 1.82. The van der Waals surface area contributed by atoms with Crippen LogP contribution in [0.1, 0.15) is 5.89 Å². The van der Waals surface area contributed by atoms with Gasteiger partial charge in [-0.1, -0.05) is 65.7 Å². The third kappa shape index (κ3) is 3.23. The molecule has 2 aromatic heterocycles. The van der Waals surface area contributed by atoms with Gasteiger partial charge in [0.25, 0.3) is 0 Å². The molecule has 5 aromatic rings. The molecule has 0 radical (unpaired) electrons. The minimum Gasteiger partial charge on any atom is -0.440 e. The molecule has 0 aliphatic carbocycles. The molecule has 0 saturated carbocycles. The number of aromatic nitrogens is 2. The van der Waals surface area contributed by atoms with Crippen LogP contribution in [0.3, 0.4) is 0 Å². The lowest BCUT2D eigenvalue weighted by Crippen LogP contribution is -1.86. The third-order valence-corrected chi connectivity index (χ3v) is 5.39. The van der Waals surface area contributed by atoms with Gasteiger partial charge in [-0.05, 0) is 30.3 Å². The zero-order chi connectivity index (χ0) is 20.0. The van der Waals surface area contributed by atoms with Crippen LogP contribution in [0.15, 0.2) is 77.2 Å². The molecule has 2 heterocycles. The van der Waals surface area contributed by atoms with E-state index in [2.05, 4.69) is 22.1 Å². The minimum absolute atomic E-state index is 0.604. The molecule has 0 unspecified atom stereocenters. The van der Waals surface area contributed by atoms with Crippen molar-refractivity contribution in [2.75, 3.05) is 0 Å². The van der Waals surface area contributed by atoms with E-state index in [1.165, 1.54) is 0 Å². The van der Waals surface area contributed by atoms with E-state index in [4.69, 9.17) is 27.6 Å². The number of benzene rings is 3. The lowest BCUT2D eigenvalue weighted by molar-refractivity contribution is 0.535. The topological polar surface area (TPSA) is 41.8 Å². The van der Waals surface area contributed by atoms with E-state index in [0.717, 1.165) is 44.7 Å². The number of oxazole rings is 1. The summed E-state index contributed by atoms with van der Waals surface area (Å²) in [6.07, 6.45) is 0. The summed E-state index contributed by atoms with van der Waals surface area (Å²) in [5.74, 6) is 1.32. The molecule has 0 fully saturated rings. The lowest BCUT2D eigenvalue weighted by atomic mass is 10.00. The SMILES string of the molecule is Cc1nc(-c2ccc(Cl)cc2)c(-c2c(-c3cccc(Cl)c3)[nH]c3ccccc23)o1. The van der Waals surface area contributed by atoms with E-state index in [0.29, 0.717) is 15.9 Å². The van der Waals surface area contributed by atoms with Gasteiger partial charge in [-0.3, -0.25) is 0 Å². The van der Waals surface area contributed by atoms with Crippen molar-refractivity contribution in [3.63, 3.8) is 0 Å². The number of hydrogen-bond acceptors (Lipinski definition) is 2. The molecule has 1 N–H and O–H groups in total. The number of nitrogens with one attached hydrogen (secondary N) is 1. The van der Waals surface area contributed by atoms with Crippen molar-refractivity contribution < 1.29 is 4.42 Å². The van der Waals surface area contributed by atoms with Crippen LogP contribution < -0.4 is 0 Å². The highest BCUT2D eigenvalue weighted by Gasteiger charge is 2.23. The summed E-state index contributed by atoms with van der Waals surface area (Å²) in [4.78, 5) is 8.21. The number of para-hydroxylation sites is 1. The highest BCUT2D eigenvalue weighted by Crippen LogP contribution is 2.43. The van der Waals surface area contributed by atoms with Gasteiger partial charge in [0.2, 0.25) is 0 Å². The molecule has 0 saturated heterocycles. The lowest BCUT2D eigenvalue weighted by Gasteiger charge is -2.06. The maximum absolute atomic E-state index is 6.28. The first-order valence-electron chi connectivity index (χ1n) is 9.20. The quantitative estimate of drug-likeness (QED) is 0.325. The normalized spacial score (nSPS) is 11.3. The maximum atomic E-state index is 6.28. The Kier molecular flexibility index (Phi) is 4.42. The molecule has 0 atom stereocenters. The second-order valence-electron chi connectivity index (χ2n) is 6.85. The van der Waals surface area contributed by atoms with Gasteiger partial charge >= 0.3 is 0 Å². The summed E-state index contributed by atoms with van der Waals surface area (Å²) >= 11 is 12.4. The molecule has 5 rings (SSSR count). The number of aromatic amines is 1. The molecule has 142 valence electrons. The van der Waals surface area contributed by atoms with E-state index in [9.17, 15) is 0 Å². The Bertz CT molecular complexity index is 1330. The van der Waals surface area contributed by atoms with Crippen molar-refractivity contribution >= 4 is 34.1 Å². The van der Waals surface area contributed by atoms with Crippen LogP contribution in [0.4, 0.5) is 0 Å². The first-order chi connectivity index (χ1) is 14.1. The van der Waals surface area contributed by atoms with Gasteiger partial charge in [0.1, 0.15) is 5.69 Å². The first kappa shape index (κ1) is 18.0. The Morgan fingerprint density at radius 2 is 1.62 bits per heavy atom. The third-order valence-electron chi connectivity index (χ3n) is 4.90. The van der Waals surface area contributed by atoms with Crippen LogP contribution in [-0.4, -0.2) is 9.97 Å². The Morgan fingerprint density at radius 3 is 2.41 bits per heavy atom. The molecule has 3 nitrogen and oxygen atoms in total. The van der Waals surface area contributed by atoms with E-state index < -0.39 is 0 Å². The molecule has 0 amide bonds. The van der Waals surface area contributed by atoms with Gasteiger partial charge in [-0.25, -0.2) is 4.98 Å². The van der Waals surface area contributed by atoms with Crippen molar-refractivity contribution in [3.05, 3.63) is 88.7 Å². The molecule has 29 heavy (non-hydrogen) atoms. The fraction of sp³-hybridized carbons (Fsp3) is 0.0417. The number of aryl methyl sites for hydroxylation is 1. The Labute approximate surface area is 177 Å². The van der Waals surface area contributed by atoms with Crippen molar-refractivity contribution in [2.45, 2.75) is 6.92 Å². The highest BCUT2D eigenvalue weighted by atomic mass is 35.5. The number of nitrogens with zero attached hydrogens (tertiary/aromatic N) is 1. The van der Waals surface area contributed by atoms with E-state index in [-0.39, 0.29) is 0 Å². The highest BCUT2D eigenvalue weighted by molar-refractivity contribution is 6.31. The molecule has 0 aliphatic heterocycles. The van der Waals surface area contributed by atoms with Crippen molar-refractivity contribution in [2.24, 2.45) is 0 Å². The standard InChI is InChI=1S/C24H16Cl2N2O/c1-14-27-23(15-9-11-17(25)12-10-15)24(29-14)21-19-7-2-3-8-20(19)28-22(21)16-5-4-6-18(26)13-16/h2-13,28H,1H3. The second kappa shape index (κ2) is 7.11. The largest absolute Gasteiger partial charge is 0.440 e. The summed E-state index contributed by atoms with van der Waals surface area (Å²) in [6, 6.07) is 23.6. The summed E-state index contributed by atoms with van der Waals surface area (Å²) in [6.45, 7) is 1.86. The van der Waals surface area contributed by atoms with Gasteiger partial charge in [-0.15, -0.1) is 0 Å². The summed E-state index contributed by atoms with van der Waals surface area (Å²) in [7, 11) is 0. The fourth-order valence-electron chi connectivity index (χ4n) is 3.64. The fourth-order valence-corrected chi connectivity index (χ4v) is 3.95. The van der Waals surface area contributed by atoms with E-state index in [1.807, 2.05) is 67.6 Å². The number of H-pyrrole nitrogens is 1. The number of hydrogen-bond donors (Lipinski definition) is 1. The molecule has 0 bridgehead atoms. The summed E-state index contributed by atoms with van der Waals surface area (Å²) < 4.78 is 6.15. The van der Waals surface area contributed by atoms with Crippen LogP contribution in [0, 0.1) is 6.92 Å². The van der Waals surface area contributed by atoms with Crippen molar-refractivity contribution in [1.29, 1.82) is 0 Å². The maximum Gasteiger partial charge on any atom is 0.192 e. The second-order valence-corrected chi connectivity index (χ2v) is 7.72. The van der Waals surface area contributed by atoms with Crippen LogP contribution >= 0.6 is 23.2 Å². The summed E-state index contributed by atoms with van der Waals surface area (Å²) in [5.41, 5.74) is 5.65. The molecule has 5 heteroatoms. The number of halogens is 2. The van der Waals surface area contributed by atoms with E-state index in [1.54, 1.807) is 0 Å². The Morgan fingerprint density at radius 1 is 0.828 bits per heavy atom. The van der Waals surface area contributed by atoms with Crippen LogP contribution in [0.2, 0.25) is 10.0 Å². The molecule has 0 aliphatic rings. The van der Waals surface area contributed by atoms with Crippen LogP contribution in [0.25, 0.3) is 44.7 Å². The molecular weight excluding hydrogens is 403 g/mol. The van der Waals surface area contributed by atoms with Crippen molar-refractivity contribution in [3.8, 4) is 33.8 Å². The molecular formula is C24H16Cl2N2O. The van der Waals surface area contributed by atoms with Crippen molar-refractivity contribution in [1.82, 2.24) is 9.97 Å². The average molecular weight is 419 g/mol. The van der Waals surface area contributed by atoms with Gasteiger partial charge in [0.15, 0.2) is 11.7 Å². The first-order valence-corrected chi connectivity index (χ1v) is 9.96. The predicted octanol–water partition coefficient (Wildman–Crippen LogP) is 7.77. The monoisotopic (exact) mass is 418 g/mol. The van der Waals surface area contributed by atoms with Gasteiger partial charge in [0.05, 0.1) is 11.3 Å². The molecule has 0 spiro atoms. The predicted molar refractivity (Wildman–Crippen MR) is 119 cm³/mol. The number of rotatable bonds is 3. The van der Waals surface area contributed by atoms with E-state index >= 15 is 0 Å². The van der Waals surface area contributed by atoms with Crippen LogP contribution in [0.5, 0.6) is 0 Å².